The first-order valence-corrected chi connectivity index (χ1v) is 7.34. The Balaban J connectivity index is 2.03. The highest BCUT2D eigenvalue weighted by molar-refractivity contribution is 6.16. The molecule has 7 nitrogen and oxygen atoms in total. The van der Waals surface area contributed by atoms with E-state index in [4.69, 9.17) is 0 Å². The van der Waals surface area contributed by atoms with Crippen molar-refractivity contribution in [3.8, 4) is 0 Å². The molecule has 1 aromatic carbocycles. The molecule has 0 unspecified atom stereocenters. The molecule has 7 heteroatoms. The zero-order chi connectivity index (χ0) is 15.9. The third kappa shape index (κ3) is 1.96. The minimum absolute atomic E-state index is 0.0345. The minimum atomic E-state index is -0.819. The lowest BCUT2D eigenvalue weighted by Crippen LogP contribution is -2.51. The molecule has 116 valence electrons. The molecular weight excluding hydrogens is 286 g/mol. The van der Waals surface area contributed by atoms with E-state index in [0.717, 1.165) is 24.2 Å². The van der Waals surface area contributed by atoms with E-state index >= 15 is 0 Å². The van der Waals surface area contributed by atoms with Crippen LogP contribution in [0.4, 0.5) is 16.2 Å². The Bertz CT molecular complexity index is 635. The van der Waals surface area contributed by atoms with Gasteiger partial charge >= 0.3 is 6.03 Å². The molecular formula is C15H17N3O4. The van der Waals surface area contributed by atoms with Crippen LogP contribution in [0, 0.1) is 10.1 Å². The molecule has 0 radical (unpaired) electrons. The van der Waals surface area contributed by atoms with E-state index in [-0.39, 0.29) is 17.6 Å². The fourth-order valence-electron chi connectivity index (χ4n) is 3.48. The van der Waals surface area contributed by atoms with Gasteiger partial charge in [0.2, 0.25) is 0 Å². The topological polar surface area (TPSA) is 83.8 Å². The van der Waals surface area contributed by atoms with Crippen LogP contribution in [0.15, 0.2) is 24.3 Å². The zero-order valence-electron chi connectivity index (χ0n) is 12.3. The predicted octanol–water partition coefficient (Wildman–Crippen LogP) is 2.70. The summed E-state index contributed by atoms with van der Waals surface area (Å²) in [6.07, 6.45) is 4.13. The van der Waals surface area contributed by atoms with Gasteiger partial charge in [0.25, 0.3) is 11.6 Å². The van der Waals surface area contributed by atoms with Gasteiger partial charge in [-0.05, 0) is 25.0 Å². The minimum Gasteiger partial charge on any atom is -0.279 e. The van der Waals surface area contributed by atoms with Crippen LogP contribution >= 0.6 is 0 Å². The van der Waals surface area contributed by atoms with E-state index in [1.807, 2.05) is 0 Å². The molecule has 1 aromatic rings. The molecule has 22 heavy (non-hydrogen) atoms. The van der Waals surface area contributed by atoms with Crippen molar-refractivity contribution in [3.05, 3.63) is 34.4 Å². The summed E-state index contributed by atoms with van der Waals surface area (Å²) in [5.41, 5.74) is -0.316. The van der Waals surface area contributed by atoms with Gasteiger partial charge in [-0.2, -0.15) is 0 Å². The fourth-order valence-corrected chi connectivity index (χ4v) is 3.48. The number of imide groups is 1. The van der Waals surface area contributed by atoms with Gasteiger partial charge in [-0.25, -0.2) is 4.79 Å². The highest BCUT2D eigenvalue weighted by Crippen LogP contribution is 2.42. The second-order valence-corrected chi connectivity index (χ2v) is 5.85. The summed E-state index contributed by atoms with van der Waals surface area (Å²) in [6, 6.07) is 5.45. The Hall–Kier alpha value is -2.44. The zero-order valence-corrected chi connectivity index (χ0v) is 12.3. The number of hydrogen-bond donors (Lipinski definition) is 0. The molecule has 3 amide bonds. The van der Waals surface area contributed by atoms with Crippen molar-refractivity contribution in [1.82, 2.24) is 4.90 Å². The quantitative estimate of drug-likeness (QED) is 0.477. The Morgan fingerprint density at radius 1 is 1.09 bits per heavy atom. The van der Waals surface area contributed by atoms with E-state index in [0.29, 0.717) is 18.5 Å². The van der Waals surface area contributed by atoms with E-state index in [1.54, 1.807) is 12.1 Å². The number of likely N-dealkylation sites (N-methyl/N-ethyl adjacent to an activating group) is 1. The lowest BCUT2D eigenvalue weighted by Gasteiger charge is -2.38. The number of carbonyl (C=O) groups excluding carboxylic acids is 2. The number of nitro groups is 1. The maximum Gasteiger partial charge on any atom is 0.331 e. The van der Waals surface area contributed by atoms with Gasteiger partial charge in [0, 0.05) is 24.9 Å². The number of anilines is 1. The van der Waals surface area contributed by atoms with E-state index < -0.39 is 10.5 Å². The Kier molecular flexibility index (Phi) is 3.35. The summed E-state index contributed by atoms with van der Waals surface area (Å²) in [4.78, 5) is 38.1. The van der Waals surface area contributed by atoms with Gasteiger partial charge in [0.1, 0.15) is 5.54 Å². The largest absolute Gasteiger partial charge is 0.331 e. The molecule has 0 bridgehead atoms. The van der Waals surface area contributed by atoms with Crippen LogP contribution in [0.2, 0.25) is 0 Å². The number of nitrogens with zero attached hydrogens (tertiary/aromatic N) is 3. The Morgan fingerprint density at radius 2 is 1.68 bits per heavy atom. The number of benzene rings is 1. The molecule has 1 saturated heterocycles. The number of non-ortho nitro benzene ring substituents is 1. The number of amides is 3. The van der Waals surface area contributed by atoms with Crippen molar-refractivity contribution >= 4 is 23.3 Å². The average Bonchev–Trinajstić information content (AvgIpc) is 2.70. The molecule has 1 saturated carbocycles. The van der Waals surface area contributed by atoms with Crippen LogP contribution in [-0.4, -0.2) is 34.3 Å². The van der Waals surface area contributed by atoms with Gasteiger partial charge < -0.3 is 0 Å². The smallest absolute Gasteiger partial charge is 0.279 e. The van der Waals surface area contributed by atoms with Crippen LogP contribution in [0.1, 0.15) is 32.1 Å². The molecule has 1 aliphatic heterocycles. The van der Waals surface area contributed by atoms with Crippen LogP contribution in [0.5, 0.6) is 0 Å². The second kappa shape index (κ2) is 5.08. The molecule has 2 aliphatic rings. The second-order valence-electron chi connectivity index (χ2n) is 5.85. The molecule has 0 aromatic heterocycles. The van der Waals surface area contributed by atoms with Gasteiger partial charge in [0.15, 0.2) is 0 Å². The van der Waals surface area contributed by atoms with Crippen molar-refractivity contribution in [2.75, 3.05) is 11.9 Å². The molecule has 0 atom stereocenters. The van der Waals surface area contributed by atoms with Gasteiger partial charge in [-0.3, -0.25) is 24.7 Å². The lowest BCUT2D eigenvalue weighted by atomic mass is 9.80. The standard InChI is InChI=1S/C15H17N3O4/c1-16-13(19)15(9-3-2-4-10-15)17(14(16)20)11-5-7-12(8-6-11)18(21)22/h5-8H,2-4,9-10H2,1H3. The number of hydrogen-bond acceptors (Lipinski definition) is 4. The monoisotopic (exact) mass is 303 g/mol. The van der Waals surface area contributed by atoms with Crippen molar-refractivity contribution in [1.29, 1.82) is 0 Å². The van der Waals surface area contributed by atoms with Crippen LogP contribution in [0.3, 0.4) is 0 Å². The van der Waals surface area contributed by atoms with Gasteiger partial charge in [-0.1, -0.05) is 19.3 Å². The van der Waals surface area contributed by atoms with E-state index in [9.17, 15) is 19.7 Å². The van der Waals surface area contributed by atoms with Crippen LogP contribution in [0.25, 0.3) is 0 Å². The Labute approximate surface area is 127 Å². The van der Waals surface area contributed by atoms with Crippen molar-refractivity contribution < 1.29 is 14.5 Å². The summed E-state index contributed by atoms with van der Waals surface area (Å²) in [5.74, 6) is -0.171. The fraction of sp³-hybridized carbons (Fsp3) is 0.467. The highest BCUT2D eigenvalue weighted by atomic mass is 16.6. The number of nitro benzene ring substituents is 1. The van der Waals surface area contributed by atoms with E-state index in [2.05, 4.69) is 0 Å². The number of carbonyl (C=O) groups is 2. The molecule has 0 N–H and O–H groups in total. The number of rotatable bonds is 2. The molecule has 1 heterocycles. The molecule has 3 rings (SSSR count). The maximum atomic E-state index is 12.6. The van der Waals surface area contributed by atoms with Gasteiger partial charge in [0.05, 0.1) is 4.92 Å². The third-order valence-electron chi connectivity index (χ3n) is 4.61. The van der Waals surface area contributed by atoms with Crippen molar-refractivity contribution in [2.45, 2.75) is 37.6 Å². The first-order valence-electron chi connectivity index (χ1n) is 7.34. The first kappa shape index (κ1) is 14.5. The van der Waals surface area contributed by atoms with Crippen LogP contribution in [-0.2, 0) is 4.79 Å². The highest BCUT2D eigenvalue weighted by Gasteiger charge is 2.56. The molecule has 1 aliphatic carbocycles. The van der Waals surface area contributed by atoms with Gasteiger partial charge in [-0.15, -0.1) is 0 Å². The number of urea groups is 1. The normalized spacial score (nSPS) is 20.8. The average molecular weight is 303 g/mol. The summed E-state index contributed by atoms with van der Waals surface area (Å²) < 4.78 is 0. The van der Waals surface area contributed by atoms with Crippen molar-refractivity contribution in [3.63, 3.8) is 0 Å². The summed E-state index contributed by atoms with van der Waals surface area (Å²) >= 11 is 0. The lowest BCUT2D eigenvalue weighted by molar-refractivity contribution is -0.384. The maximum absolute atomic E-state index is 12.6. The summed E-state index contributed by atoms with van der Waals surface area (Å²) in [6.45, 7) is 0. The predicted molar refractivity (Wildman–Crippen MR) is 79.6 cm³/mol. The molecule has 1 spiro atoms. The van der Waals surface area contributed by atoms with Crippen molar-refractivity contribution in [2.24, 2.45) is 0 Å². The molecule has 2 fully saturated rings. The summed E-state index contributed by atoms with van der Waals surface area (Å²) in [5, 5.41) is 10.8. The Morgan fingerprint density at radius 3 is 2.23 bits per heavy atom. The van der Waals surface area contributed by atoms with E-state index in [1.165, 1.54) is 24.1 Å². The SMILES string of the molecule is CN1C(=O)N(c2ccc([N+](=O)[O-])cc2)C2(CCCCC2)C1=O. The third-order valence-corrected chi connectivity index (χ3v) is 4.61. The van der Waals surface area contributed by atoms with Crippen LogP contribution < -0.4 is 4.90 Å². The first-order chi connectivity index (χ1) is 10.5. The summed E-state index contributed by atoms with van der Waals surface area (Å²) in [7, 11) is 1.49.